The molecule has 4 aromatic rings. The smallest absolute Gasteiger partial charge is 0.240 e. The maximum Gasteiger partial charge on any atom is 0.240 e. The molecular weight excluding hydrogens is 450 g/mol. The van der Waals surface area contributed by atoms with Crippen LogP contribution in [-0.2, 0) is 11.4 Å². The van der Waals surface area contributed by atoms with Crippen LogP contribution in [0.2, 0.25) is 0 Å². The van der Waals surface area contributed by atoms with Crippen LogP contribution < -0.4 is 20.2 Å². The van der Waals surface area contributed by atoms with E-state index in [1.807, 2.05) is 89.6 Å². The Kier molecular flexibility index (Phi) is 6.35. The summed E-state index contributed by atoms with van der Waals surface area (Å²) < 4.78 is 12.9. The van der Waals surface area contributed by atoms with Gasteiger partial charge in [-0.05, 0) is 42.0 Å². The number of methoxy groups -OCH3 is 1. The topological polar surface area (TPSA) is 90.3 Å². The van der Waals surface area contributed by atoms with E-state index in [0.29, 0.717) is 16.7 Å². The lowest BCUT2D eigenvalue weighted by Crippen LogP contribution is -2.41. The van der Waals surface area contributed by atoms with Gasteiger partial charge in [-0.25, -0.2) is 4.68 Å². The number of rotatable bonds is 7. The van der Waals surface area contributed by atoms with Gasteiger partial charge in [0.1, 0.15) is 23.4 Å². The third-order valence-electron chi connectivity index (χ3n) is 5.39. The molecule has 5 rings (SSSR count). The number of amides is 1. The van der Waals surface area contributed by atoms with Gasteiger partial charge in [-0.1, -0.05) is 60.3 Å². The number of thioether (sulfide) groups is 1. The van der Waals surface area contributed by atoms with Gasteiger partial charge in [0.2, 0.25) is 11.1 Å². The zero-order valence-electron chi connectivity index (χ0n) is 18.4. The van der Waals surface area contributed by atoms with Crippen molar-refractivity contribution in [3.05, 3.63) is 96.3 Å². The van der Waals surface area contributed by atoms with E-state index in [1.165, 1.54) is 11.8 Å². The third-order valence-corrected chi connectivity index (χ3v) is 6.60. The Morgan fingerprint density at radius 3 is 2.38 bits per heavy atom. The van der Waals surface area contributed by atoms with Crippen LogP contribution in [0.3, 0.4) is 0 Å². The largest absolute Gasteiger partial charge is 0.497 e. The van der Waals surface area contributed by atoms with E-state index in [1.54, 1.807) is 7.11 Å². The first-order valence-corrected chi connectivity index (χ1v) is 11.6. The van der Waals surface area contributed by atoms with Crippen molar-refractivity contribution in [2.45, 2.75) is 23.1 Å². The van der Waals surface area contributed by atoms with E-state index in [4.69, 9.17) is 9.47 Å². The van der Waals surface area contributed by atoms with Gasteiger partial charge >= 0.3 is 0 Å². The number of nitrogens with zero attached hydrogens (tertiary/aromatic N) is 3. The predicted molar refractivity (Wildman–Crippen MR) is 131 cm³/mol. The van der Waals surface area contributed by atoms with Gasteiger partial charge in [0.15, 0.2) is 5.82 Å². The lowest BCUT2D eigenvalue weighted by Gasteiger charge is -2.33. The molecule has 1 aliphatic heterocycles. The van der Waals surface area contributed by atoms with Crippen molar-refractivity contribution in [2.75, 3.05) is 17.9 Å². The summed E-state index contributed by atoms with van der Waals surface area (Å²) in [6.45, 7) is 0.245. The molecule has 0 saturated carbocycles. The number of nitrogens with one attached hydrogen (secondary N) is 2. The van der Waals surface area contributed by atoms with E-state index in [0.717, 1.165) is 17.1 Å². The first-order valence-electron chi connectivity index (χ1n) is 10.8. The molecule has 2 N–H and O–H groups in total. The maximum atomic E-state index is 13.3. The molecule has 9 heteroatoms. The van der Waals surface area contributed by atoms with Crippen LogP contribution in [0.1, 0.15) is 17.4 Å². The van der Waals surface area contributed by atoms with Gasteiger partial charge in [0, 0.05) is 5.69 Å². The van der Waals surface area contributed by atoms with E-state index in [9.17, 15) is 4.79 Å². The highest BCUT2D eigenvalue weighted by atomic mass is 32.2. The van der Waals surface area contributed by atoms with E-state index in [-0.39, 0.29) is 18.6 Å². The molecule has 172 valence electrons. The molecule has 0 aliphatic carbocycles. The van der Waals surface area contributed by atoms with Crippen molar-refractivity contribution in [3.8, 4) is 11.5 Å². The van der Waals surface area contributed by atoms with Gasteiger partial charge in [0.05, 0.1) is 13.2 Å². The molecule has 1 aromatic heterocycles. The highest BCUT2D eigenvalue weighted by Crippen LogP contribution is 2.37. The van der Waals surface area contributed by atoms with Crippen LogP contribution in [-0.4, -0.2) is 33.1 Å². The van der Waals surface area contributed by atoms with Crippen LogP contribution in [0, 0.1) is 0 Å². The normalized spacial score (nSPS) is 16.7. The zero-order chi connectivity index (χ0) is 23.3. The number of carbonyl (C=O) groups excluding carboxylic acids is 1. The second kappa shape index (κ2) is 9.88. The number of benzene rings is 3. The summed E-state index contributed by atoms with van der Waals surface area (Å²) >= 11 is 1.37. The molecule has 1 amide bonds. The monoisotopic (exact) mass is 473 g/mol. The minimum absolute atomic E-state index is 0.132. The fourth-order valence-corrected chi connectivity index (χ4v) is 4.75. The first kappa shape index (κ1) is 21.8. The third kappa shape index (κ3) is 4.69. The summed E-state index contributed by atoms with van der Waals surface area (Å²) in [5.41, 5.74) is 5.12. The fraction of sp³-hybridized carbons (Fsp3) is 0.160. The average molecular weight is 474 g/mol. The Balaban J connectivity index is 1.39. The van der Waals surface area contributed by atoms with Crippen LogP contribution in [0.25, 0.3) is 0 Å². The molecular formula is C25H23N5O3S. The molecule has 8 nitrogen and oxygen atoms in total. The van der Waals surface area contributed by atoms with Crippen molar-refractivity contribution in [1.29, 1.82) is 0 Å². The number of hydrogen-bond acceptors (Lipinski definition) is 7. The molecule has 1 aliphatic rings. The lowest BCUT2D eigenvalue weighted by atomic mass is 10.0. The van der Waals surface area contributed by atoms with Gasteiger partial charge in [0.25, 0.3) is 0 Å². The number of ether oxygens (including phenoxy) is 2. The Hall–Kier alpha value is -3.98. The number of carbonyl (C=O) groups is 1. The molecule has 2 atom stereocenters. The molecule has 3 aromatic carbocycles. The molecule has 2 unspecified atom stereocenters. The van der Waals surface area contributed by atoms with Gasteiger partial charge in [-0.15, -0.1) is 10.2 Å². The second-order valence-corrected chi connectivity index (χ2v) is 8.72. The maximum absolute atomic E-state index is 13.3. The summed E-state index contributed by atoms with van der Waals surface area (Å²) in [5.74, 6) is 1.97. The summed E-state index contributed by atoms with van der Waals surface area (Å²) in [6, 6.07) is 26.4. The Bertz CT molecular complexity index is 1250. The number of anilines is 1. The van der Waals surface area contributed by atoms with Gasteiger partial charge in [-0.2, -0.15) is 0 Å². The quantitative estimate of drug-likeness (QED) is 0.414. The van der Waals surface area contributed by atoms with Gasteiger partial charge in [-0.3, -0.25) is 4.79 Å². The van der Waals surface area contributed by atoms with E-state index >= 15 is 0 Å². The minimum Gasteiger partial charge on any atom is -0.497 e. The summed E-state index contributed by atoms with van der Waals surface area (Å²) in [7, 11) is 1.61. The molecule has 2 heterocycles. The van der Waals surface area contributed by atoms with Crippen molar-refractivity contribution in [1.82, 2.24) is 14.9 Å². The molecule has 0 saturated heterocycles. The van der Waals surface area contributed by atoms with Crippen LogP contribution in [0.5, 0.6) is 11.5 Å². The highest BCUT2D eigenvalue weighted by molar-refractivity contribution is 8.00. The van der Waals surface area contributed by atoms with Crippen LogP contribution >= 0.6 is 11.8 Å². The Morgan fingerprint density at radius 2 is 1.68 bits per heavy atom. The predicted octanol–water partition coefficient (Wildman–Crippen LogP) is 4.26. The highest BCUT2D eigenvalue weighted by Gasteiger charge is 2.37. The van der Waals surface area contributed by atoms with Crippen molar-refractivity contribution >= 4 is 23.4 Å². The van der Waals surface area contributed by atoms with E-state index < -0.39 is 5.25 Å². The molecule has 0 spiro atoms. The zero-order valence-corrected chi connectivity index (χ0v) is 19.2. The van der Waals surface area contributed by atoms with Crippen molar-refractivity contribution < 1.29 is 14.3 Å². The standard InChI is InChI=1S/C25H23N5O3S/c1-32-19-14-12-18(13-15-19)26-24(31)23-22(17-8-4-2-5-9-17)29-30-21(27-28-25(30)34-23)16-33-20-10-6-3-7-11-20/h2-15,22-23,29H,16H2,1H3,(H,26,31). The molecule has 0 radical (unpaired) electrons. The van der Waals surface area contributed by atoms with Crippen molar-refractivity contribution in [3.63, 3.8) is 0 Å². The second-order valence-electron chi connectivity index (χ2n) is 7.61. The summed E-state index contributed by atoms with van der Waals surface area (Å²) in [4.78, 5) is 13.3. The number of hydrogen-bond donors (Lipinski definition) is 2. The SMILES string of the molecule is COc1ccc(NC(=O)C2Sc3nnc(COc4ccccc4)n3NC2c2ccccc2)cc1. The lowest BCUT2D eigenvalue weighted by molar-refractivity contribution is -0.116. The summed E-state index contributed by atoms with van der Waals surface area (Å²) in [6.07, 6.45) is 0. The molecule has 0 bridgehead atoms. The first-order chi connectivity index (χ1) is 16.7. The summed E-state index contributed by atoms with van der Waals surface area (Å²) in [5, 5.41) is 11.7. The minimum atomic E-state index is -0.468. The number of aromatic nitrogens is 3. The Labute approximate surface area is 201 Å². The Morgan fingerprint density at radius 1 is 0.971 bits per heavy atom. The number of para-hydroxylation sites is 1. The van der Waals surface area contributed by atoms with Gasteiger partial charge < -0.3 is 20.2 Å². The van der Waals surface area contributed by atoms with Crippen LogP contribution in [0.4, 0.5) is 5.69 Å². The molecule has 0 fully saturated rings. The van der Waals surface area contributed by atoms with Crippen LogP contribution in [0.15, 0.2) is 90.1 Å². The van der Waals surface area contributed by atoms with Crippen molar-refractivity contribution in [2.24, 2.45) is 0 Å². The average Bonchev–Trinajstić information content (AvgIpc) is 3.30. The fourth-order valence-electron chi connectivity index (χ4n) is 3.66. The molecule has 34 heavy (non-hydrogen) atoms. The van der Waals surface area contributed by atoms with E-state index in [2.05, 4.69) is 20.9 Å². The number of fused-ring (bicyclic) bond motifs is 1.